The summed E-state index contributed by atoms with van der Waals surface area (Å²) in [5.41, 5.74) is 4.68. The smallest absolute Gasteiger partial charge is 0.253 e. The molecule has 1 aliphatic carbocycles. The van der Waals surface area contributed by atoms with Crippen LogP contribution in [0.25, 0.3) is 11.1 Å². The molecule has 0 saturated heterocycles. The van der Waals surface area contributed by atoms with Crippen molar-refractivity contribution in [2.45, 2.75) is 51.5 Å². The zero-order valence-electron chi connectivity index (χ0n) is 15.7. The fourth-order valence-corrected chi connectivity index (χ4v) is 4.26. The Bertz CT molecular complexity index is 925. The molecule has 4 rings (SSSR count). The summed E-state index contributed by atoms with van der Waals surface area (Å²) in [4.78, 5) is 25.6. The molecule has 2 aliphatic rings. The second kappa shape index (κ2) is 7.95. The van der Waals surface area contributed by atoms with Gasteiger partial charge in [-0.2, -0.15) is 0 Å². The number of nitrogens with zero attached hydrogens (tertiary/aromatic N) is 1. The predicted octanol–water partition coefficient (Wildman–Crippen LogP) is 4.08. The lowest BCUT2D eigenvalue weighted by molar-refractivity contribution is 0.0953. The quantitative estimate of drug-likeness (QED) is 0.815. The molecule has 1 aromatic carbocycles. The number of nitrogens with one attached hydrogen (secondary N) is 1. The molecule has 4 heteroatoms. The number of rotatable bonds is 5. The van der Waals surface area contributed by atoms with Crippen LogP contribution in [0.15, 0.2) is 52.8 Å². The second-order valence-electron chi connectivity index (χ2n) is 7.45. The van der Waals surface area contributed by atoms with Gasteiger partial charge in [0.2, 0.25) is 0 Å². The van der Waals surface area contributed by atoms with E-state index in [2.05, 4.69) is 11.4 Å². The number of aromatic nitrogens is 1. The minimum atomic E-state index is -0.0593. The molecular formula is C23H26N2O2. The molecule has 0 radical (unpaired) electrons. The van der Waals surface area contributed by atoms with Crippen molar-refractivity contribution in [1.82, 2.24) is 9.88 Å². The van der Waals surface area contributed by atoms with Crippen LogP contribution in [-0.2, 0) is 13.0 Å². The maximum absolute atomic E-state index is 13.1. The molecule has 0 bridgehead atoms. The van der Waals surface area contributed by atoms with Crippen LogP contribution in [0.1, 0.15) is 54.6 Å². The van der Waals surface area contributed by atoms with Crippen LogP contribution < -0.4 is 10.9 Å². The summed E-state index contributed by atoms with van der Waals surface area (Å²) in [7, 11) is 0. The SMILES string of the molecule is O=C(NCCC1=CCCCC1)c1c(-c2ccccc2)cc(=O)n2c1CCC2. The second-order valence-corrected chi connectivity index (χ2v) is 7.45. The van der Waals surface area contributed by atoms with Crippen molar-refractivity contribution in [2.75, 3.05) is 6.54 Å². The van der Waals surface area contributed by atoms with Gasteiger partial charge in [-0.1, -0.05) is 42.0 Å². The van der Waals surface area contributed by atoms with Crippen LogP contribution in [0, 0.1) is 0 Å². The Balaban J connectivity index is 1.62. The van der Waals surface area contributed by atoms with Gasteiger partial charge in [-0.3, -0.25) is 9.59 Å². The Labute approximate surface area is 159 Å². The van der Waals surface area contributed by atoms with Crippen LogP contribution in [0.5, 0.6) is 0 Å². The summed E-state index contributed by atoms with van der Waals surface area (Å²) in [6.07, 6.45) is 9.79. The molecule has 0 spiro atoms. The molecule has 1 aromatic heterocycles. The normalized spacial score (nSPS) is 15.9. The van der Waals surface area contributed by atoms with Crippen molar-refractivity contribution in [3.05, 3.63) is 69.7 Å². The fraction of sp³-hybridized carbons (Fsp3) is 0.391. The lowest BCUT2D eigenvalue weighted by atomic mass is 9.96. The van der Waals surface area contributed by atoms with Crippen molar-refractivity contribution < 1.29 is 4.79 Å². The average molecular weight is 362 g/mol. The summed E-state index contributed by atoms with van der Waals surface area (Å²) in [5, 5.41) is 3.11. The first kappa shape index (κ1) is 17.8. The van der Waals surface area contributed by atoms with E-state index in [4.69, 9.17) is 0 Å². The number of allylic oxidation sites excluding steroid dienone is 1. The van der Waals surface area contributed by atoms with Crippen LogP contribution in [0.4, 0.5) is 0 Å². The molecule has 1 aliphatic heterocycles. The molecule has 27 heavy (non-hydrogen) atoms. The average Bonchev–Trinajstić information content (AvgIpc) is 3.19. The monoisotopic (exact) mass is 362 g/mol. The van der Waals surface area contributed by atoms with Crippen LogP contribution in [0.3, 0.4) is 0 Å². The summed E-state index contributed by atoms with van der Waals surface area (Å²) in [6.45, 7) is 1.36. The van der Waals surface area contributed by atoms with E-state index in [-0.39, 0.29) is 11.5 Å². The molecule has 0 fully saturated rings. The van der Waals surface area contributed by atoms with Crippen LogP contribution in [0.2, 0.25) is 0 Å². The molecule has 2 heterocycles. The highest BCUT2D eigenvalue weighted by atomic mass is 16.2. The fourth-order valence-electron chi connectivity index (χ4n) is 4.26. The standard InChI is InChI=1S/C23H26N2O2/c26-21-16-19(18-10-5-2-6-11-18)22(20-12-7-15-25(20)21)23(27)24-14-13-17-8-3-1-4-9-17/h2,5-6,8,10-11,16H,1,3-4,7,9,12-15H2,(H,24,27). The highest BCUT2D eigenvalue weighted by Crippen LogP contribution is 2.28. The Kier molecular flexibility index (Phi) is 5.23. The third-order valence-corrected chi connectivity index (χ3v) is 5.64. The number of fused-ring (bicyclic) bond motifs is 1. The van der Waals surface area contributed by atoms with E-state index in [1.807, 2.05) is 30.3 Å². The topological polar surface area (TPSA) is 51.1 Å². The third kappa shape index (κ3) is 3.75. The van der Waals surface area contributed by atoms with Crippen molar-refractivity contribution >= 4 is 5.91 Å². The van der Waals surface area contributed by atoms with E-state index in [1.165, 1.54) is 18.4 Å². The van der Waals surface area contributed by atoms with Crippen molar-refractivity contribution in [3.63, 3.8) is 0 Å². The first-order valence-corrected chi connectivity index (χ1v) is 10.0. The number of carbonyl (C=O) groups is 1. The van der Waals surface area contributed by atoms with E-state index in [9.17, 15) is 9.59 Å². The first-order valence-electron chi connectivity index (χ1n) is 10.0. The number of carbonyl (C=O) groups excluding carboxylic acids is 1. The summed E-state index contributed by atoms with van der Waals surface area (Å²) >= 11 is 0. The van der Waals surface area contributed by atoms with Gasteiger partial charge in [-0.05, 0) is 50.5 Å². The van der Waals surface area contributed by atoms with E-state index < -0.39 is 0 Å². The van der Waals surface area contributed by atoms with Gasteiger partial charge in [-0.15, -0.1) is 0 Å². The van der Waals surface area contributed by atoms with Crippen LogP contribution in [-0.4, -0.2) is 17.0 Å². The molecule has 1 amide bonds. The van der Waals surface area contributed by atoms with Crippen molar-refractivity contribution in [1.29, 1.82) is 0 Å². The molecule has 140 valence electrons. The molecule has 4 nitrogen and oxygen atoms in total. The molecule has 0 atom stereocenters. The number of amides is 1. The maximum Gasteiger partial charge on any atom is 0.253 e. The minimum absolute atomic E-state index is 0.00901. The third-order valence-electron chi connectivity index (χ3n) is 5.64. The number of benzene rings is 1. The van der Waals surface area contributed by atoms with E-state index in [1.54, 1.807) is 10.6 Å². The Morgan fingerprint density at radius 3 is 2.70 bits per heavy atom. The zero-order chi connectivity index (χ0) is 18.6. The zero-order valence-corrected chi connectivity index (χ0v) is 15.7. The van der Waals surface area contributed by atoms with Gasteiger partial charge in [0.15, 0.2) is 0 Å². The van der Waals surface area contributed by atoms with Gasteiger partial charge < -0.3 is 9.88 Å². The van der Waals surface area contributed by atoms with Gasteiger partial charge in [0.05, 0.1) is 5.56 Å². The Morgan fingerprint density at radius 1 is 1.07 bits per heavy atom. The Hall–Kier alpha value is -2.62. The molecular weight excluding hydrogens is 336 g/mol. The molecule has 2 aromatic rings. The van der Waals surface area contributed by atoms with E-state index >= 15 is 0 Å². The molecule has 1 N–H and O–H groups in total. The van der Waals surface area contributed by atoms with Crippen molar-refractivity contribution in [2.24, 2.45) is 0 Å². The van der Waals surface area contributed by atoms with Crippen LogP contribution >= 0.6 is 0 Å². The highest BCUT2D eigenvalue weighted by Gasteiger charge is 2.24. The maximum atomic E-state index is 13.1. The number of hydrogen-bond acceptors (Lipinski definition) is 2. The van der Waals surface area contributed by atoms with Gasteiger partial charge in [-0.25, -0.2) is 0 Å². The van der Waals surface area contributed by atoms with Gasteiger partial charge >= 0.3 is 0 Å². The molecule has 0 saturated carbocycles. The van der Waals surface area contributed by atoms with Gasteiger partial charge in [0.1, 0.15) is 0 Å². The van der Waals surface area contributed by atoms with E-state index in [0.29, 0.717) is 18.7 Å². The Morgan fingerprint density at radius 2 is 1.93 bits per heavy atom. The molecule has 0 unspecified atom stereocenters. The summed E-state index contributed by atoms with van der Waals surface area (Å²) in [5.74, 6) is -0.0593. The minimum Gasteiger partial charge on any atom is -0.352 e. The van der Waals surface area contributed by atoms with Gasteiger partial charge in [0.25, 0.3) is 11.5 Å². The summed E-state index contributed by atoms with van der Waals surface area (Å²) in [6, 6.07) is 11.4. The number of hydrogen-bond donors (Lipinski definition) is 1. The largest absolute Gasteiger partial charge is 0.352 e. The van der Waals surface area contributed by atoms with E-state index in [0.717, 1.165) is 48.9 Å². The lowest BCUT2D eigenvalue weighted by Crippen LogP contribution is -2.30. The van der Waals surface area contributed by atoms with Crippen molar-refractivity contribution in [3.8, 4) is 11.1 Å². The predicted molar refractivity (Wildman–Crippen MR) is 108 cm³/mol. The number of pyridine rings is 1. The first-order chi connectivity index (χ1) is 13.2. The van der Waals surface area contributed by atoms with Gasteiger partial charge in [0, 0.05) is 30.4 Å². The summed E-state index contributed by atoms with van der Waals surface area (Å²) < 4.78 is 1.77. The lowest BCUT2D eigenvalue weighted by Gasteiger charge is -2.17. The highest BCUT2D eigenvalue weighted by molar-refractivity contribution is 6.02.